The molecule has 0 fully saturated rings. The Labute approximate surface area is 178 Å². The normalized spacial score (nSPS) is 12.0. The Kier molecular flexibility index (Phi) is 14.1. The topological polar surface area (TPSA) is 55.8 Å². The van der Waals surface area contributed by atoms with Crippen molar-refractivity contribution >= 4 is 5.97 Å². The minimum absolute atomic E-state index is 0.0596. The third-order valence-electron chi connectivity index (χ3n) is 5.47. The minimum atomic E-state index is -0.374. The van der Waals surface area contributed by atoms with Crippen LogP contribution in [0.1, 0.15) is 115 Å². The molecule has 0 saturated carbocycles. The lowest BCUT2D eigenvalue weighted by Gasteiger charge is -2.15. The molecule has 1 aromatic rings. The standard InChI is InChI=1S/C25H42O4/c1-4-5-6-7-8-9-10-11-12-13-14-15-16-17-25(27)29-21(2)22-18-19-24(28-3)23(26)20-22/h18-21,26H,4-17H2,1-3H3. The third-order valence-corrected chi connectivity index (χ3v) is 5.47. The van der Waals surface area contributed by atoms with Gasteiger partial charge in [-0.1, -0.05) is 90.0 Å². The van der Waals surface area contributed by atoms with E-state index in [0.717, 1.165) is 18.4 Å². The molecule has 0 aromatic heterocycles. The zero-order valence-electron chi connectivity index (χ0n) is 18.9. The molecule has 1 rings (SSSR count). The predicted molar refractivity (Wildman–Crippen MR) is 119 cm³/mol. The number of hydrogen-bond donors (Lipinski definition) is 1. The van der Waals surface area contributed by atoms with Crippen LogP contribution in [0.5, 0.6) is 11.5 Å². The fourth-order valence-electron chi connectivity index (χ4n) is 3.57. The second kappa shape index (κ2) is 16.1. The van der Waals surface area contributed by atoms with Crippen molar-refractivity contribution in [1.29, 1.82) is 0 Å². The van der Waals surface area contributed by atoms with Crippen LogP contribution in [0.25, 0.3) is 0 Å². The van der Waals surface area contributed by atoms with E-state index in [1.807, 2.05) is 13.0 Å². The first kappa shape index (κ1) is 25.3. The molecular formula is C25H42O4. The lowest BCUT2D eigenvalue weighted by atomic mass is 10.0. The number of benzene rings is 1. The van der Waals surface area contributed by atoms with Crippen molar-refractivity contribution < 1.29 is 19.4 Å². The Morgan fingerprint density at radius 3 is 1.90 bits per heavy atom. The second-order valence-corrected chi connectivity index (χ2v) is 8.06. The van der Waals surface area contributed by atoms with Crippen molar-refractivity contribution in [3.8, 4) is 11.5 Å². The van der Waals surface area contributed by atoms with Crippen molar-refractivity contribution in [1.82, 2.24) is 0 Å². The number of carbonyl (C=O) groups excluding carboxylic acids is 1. The molecule has 166 valence electrons. The van der Waals surface area contributed by atoms with Gasteiger partial charge in [0.05, 0.1) is 7.11 Å². The zero-order valence-corrected chi connectivity index (χ0v) is 18.9. The fraction of sp³-hybridized carbons (Fsp3) is 0.720. The van der Waals surface area contributed by atoms with Gasteiger partial charge >= 0.3 is 5.97 Å². The smallest absolute Gasteiger partial charge is 0.306 e. The highest BCUT2D eigenvalue weighted by Gasteiger charge is 2.13. The highest BCUT2D eigenvalue weighted by Crippen LogP contribution is 2.30. The second-order valence-electron chi connectivity index (χ2n) is 8.06. The molecule has 0 radical (unpaired) electrons. The van der Waals surface area contributed by atoms with Crippen LogP contribution in [-0.4, -0.2) is 18.2 Å². The van der Waals surface area contributed by atoms with Gasteiger partial charge in [-0.3, -0.25) is 4.79 Å². The van der Waals surface area contributed by atoms with Crippen LogP contribution in [0, 0.1) is 0 Å². The van der Waals surface area contributed by atoms with E-state index in [1.165, 1.54) is 77.7 Å². The predicted octanol–water partition coefficient (Wildman–Crippen LogP) is 7.49. The first-order valence-electron chi connectivity index (χ1n) is 11.6. The van der Waals surface area contributed by atoms with E-state index in [2.05, 4.69) is 6.92 Å². The molecule has 0 aliphatic rings. The number of methoxy groups -OCH3 is 1. The quantitative estimate of drug-likeness (QED) is 0.215. The van der Waals surface area contributed by atoms with Crippen LogP contribution < -0.4 is 4.74 Å². The lowest BCUT2D eigenvalue weighted by molar-refractivity contribution is -0.148. The zero-order chi connectivity index (χ0) is 21.3. The van der Waals surface area contributed by atoms with Gasteiger partial charge in [0.2, 0.25) is 0 Å². The van der Waals surface area contributed by atoms with Gasteiger partial charge in [0, 0.05) is 6.42 Å². The Morgan fingerprint density at radius 2 is 1.41 bits per heavy atom. The van der Waals surface area contributed by atoms with Gasteiger partial charge < -0.3 is 14.6 Å². The molecule has 0 spiro atoms. The van der Waals surface area contributed by atoms with Gasteiger partial charge in [-0.05, 0) is 31.0 Å². The summed E-state index contributed by atoms with van der Waals surface area (Å²) in [6, 6.07) is 5.07. The van der Waals surface area contributed by atoms with Gasteiger partial charge in [0.15, 0.2) is 11.5 Å². The summed E-state index contributed by atoms with van der Waals surface area (Å²) in [5.41, 5.74) is 0.766. The number of rotatable bonds is 17. The maximum Gasteiger partial charge on any atom is 0.306 e. The molecule has 1 atom stereocenters. The molecule has 0 heterocycles. The number of esters is 1. The summed E-state index contributed by atoms with van der Waals surface area (Å²) in [6.07, 6.45) is 16.9. The third kappa shape index (κ3) is 11.8. The van der Waals surface area contributed by atoms with Crippen LogP contribution in [0.3, 0.4) is 0 Å². The molecule has 1 aromatic carbocycles. The summed E-state index contributed by atoms with van der Waals surface area (Å²) < 4.78 is 10.5. The highest BCUT2D eigenvalue weighted by atomic mass is 16.5. The van der Waals surface area contributed by atoms with Crippen molar-refractivity contribution in [3.05, 3.63) is 23.8 Å². The fourth-order valence-corrected chi connectivity index (χ4v) is 3.57. The number of hydrogen-bond acceptors (Lipinski definition) is 4. The average molecular weight is 407 g/mol. The Morgan fingerprint density at radius 1 is 0.897 bits per heavy atom. The van der Waals surface area contributed by atoms with E-state index in [9.17, 15) is 9.90 Å². The Hall–Kier alpha value is -1.71. The van der Waals surface area contributed by atoms with Gasteiger partial charge in [-0.2, -0.15) is 0 Å². The van der Waals surface area contributed by atoms with Crippen LogP contribution in [0.2, 0.25) is 0 Å². The Balaban J connectivity index is 2.00. The molecule has 29 heavy (non-hydrogen) atoms. The molecule has 0 saturated heterocycles. The van der Waals surface area contributed by atoms with Crippen molar-refractivity contribution in [3.63, 3.8) is 0 Å². The molecule has 0 bridgehead atoms. The molecule has 0 amide bonds. The van der Waals surface area contributed by atoms with Crippen LogP contribution in [-0.2, 0) is 9.53 Å². The highest BCUT2D eigenvalue weighted by molar-refractivity contribution is 5.69. The van der Waals surface area contributed by atoms with Crippen molar-refractivity contribution in [2.24, 2.45) is 0 Å². The average Bonchev–Trinajstić information content (AvgIpc) is 2.71. The van der Waals surface area contributed by atoms with E-state index in [-0.39, 0.29) is 17.8 Å². The summed E-state index contributed by atoms with van der Waals surface area (Å²) in [5, 5.41) is 9.84. The molecule has 0 aliphatic carbocycles. The molecule has 1 N–H and O–H groups in total. The van der Waals surface area contributed by atoms with E-state index >= 15 is 0 Å². The molecule has 4 nitrogen and oxygen atoms in total. The van der Waals surface area contributed by atoms with Crippen LogP contribution >= 0.6 is 0 Å². The molecule has 0 aliphatic heterocycles. The maximum atomic E-state index is 12.0. The van der Waals surface area contributed by atoms with E-state index in [0.29, 0.717) is 12.2 Å². The number of phenolic OH excluding ortho intramolecular Hbond substituents is 1. The summed E-state index contributed by atoms with van der Waals surface area (Å²) in [7, 11) is 1.51. The number of unbranched alkanes of at least 4 members (excludes halogenated alkanes) is 12. The molecule has 4 heteroatoms. The van der Waals surface area contributed by atoms with Gasteiger partial charge in [0.1, 0.15) is 6.10 Å². The molecular weight excluding hydrogens is 364 g/mol. The first-order chi connectivity index (χ1) is 14.1. The molecule has 1 unspecified atom stereocenters. The minimum Gasteiger partial charge on any atom is -0.504 e. The summed E-state index contributed by atoms with van der Waals surface area (Å²) >= 11 is 0. The largest absolute Gasteiger partial charge is 0.504 e. The van der Waals surface area contributed by atoms with Gasteiger partial charge in [-0.25, -0.2) is 0 Å². The monoisotopic (exact) mass is 406 g/mol. The lowest BCUT2D eigenvalue weighted by Crippen LogP contribution is -2.08. The van der Waals surface area contributed by atoms with Crippen LogP contribution in [0.4, 0.5) is 0 Å². The SMILES string of the molecule is CCCCCCCCCCCCCCCC(=O)OC(C)c1ccc(OC)c(O)c1. The van der Waals surface area contributed by atoms with Gasteiger partial charge in [0.25, 0.3) is 0 Å². The van der Waals surface area contributed by atoms with Crippen molar-refractivity contribution in [2.45, 2.75) is 110 Å². The number of ether oxygens (including phenoxy) is 2. The summed E-state index contributed by atoms with van der Waals surface area (Å²) in [5.74, 6) is 0.305. The number of phenols is 1. The van der Waals surface area contributed by atoms with Crippen molar-refractivity contribution in [2.75, 3.05) is 7.11 Å². The first-order valence-corrected chi connectivity index (χ1v) is 11.6. The maximum absolute atomic E-state index is 12.0. The van der Waals surface area contributed by atoms with E-state index in [1.54, 1.807) is 12.1 Å². The number of aromatic hydroxyl groups is 1. The van der Waals surface area contributed by atoms with Crippen LogP contribution in [0.15, 0.2) is 18.2 Å². The van der Waals surface area contributed by atoms with E-state index < -0.39 is 0 Å². The Bertz CT molecular complexity index is 556. The summed E-state index contributed by atoms with van der Waals surface area (Å²) in [4.78, 5) is 12.0. The number of carbonyl (C=O) groups is 1. The van der Waals surface area contributed by atoms with Gasteiger partial charge in [-0.15, -0.1) is 0 Å². The van der Waals surface area contributed by atoms with E-state index in [4.69, 9.17) is 9.47 Å². The summed E-state index contributed by atoms with van der Waals surface area (Å²) in [6.45, 7) is 4.08.